The average molecular weight is 323 g/mol. The van der Waals surface area contributed by atoms with Gasteiger partial charge in [-0.05, 0) is 51.3 Å². The lowest BCUT2D eigenvalue weighted by molar-refractivity contribution is -0.126. The third-order valence-electron chi connectivity index (χ3n) is 4.56. The molecule has 1 saturated heterocycles. The van der Waals surface area contributed by atoms with E-state index in [0.717, 1.165) is 43.5 Å². The van der Waals surface area contributed by atoms with E-state index in [9.17, 15) is 4.79 Å². The van der Waals surface area contributed by atoms with Crippen LogP contribution in [0, 0.1) is 5.92 Å². The number of nitrogens with one attached hydrogen (secondary N) is 2. The third kappa shape index (κ3) is 3.55. The zero-order valence-electron chi connectivity index (χ0n) is 12.9. The Hall–Kier alpha value is -1.26. The van der Waals surface area contributed by atoms with Crippen LogP contribution in [0.5, 0.6) is 5.75 Å². The number of carbonyl (C=O) groups excluding carboxylic acids is 1. The van der Waals surface area contributed by atoms with Crippen molar-refractivity contribution in [3.05, 3.63) is 28.8 Å². The van der Waals surface area contributed by atoms with E-state index in [-0.39, 0.29) is 17.9 Å². The highest BCUT2D eigenvalue weighted by Crippen LogP contribution is 2.34. The van der Waals surface area contributed by atoms with Gasteiger partial charge in [0, 0.05) is 22.5 Å². The number of ether oxygens (including phenoxy) is 1. The second-order valence-corrected chi connectivity index (χ2v) is 6.75. The van der Waals surface area contributed by atoms with Crippen LogP contribution in [0.4, 0.5) is 0 Å². The van der Waals surface area contributed by atoms with Crippen molar-refractivity contribution < 1.29 is 9.53 Å². The fourth-order valence-electron chi connectivity index (χ4n) is 3.36. The molecule has 1 aromatic carbocycles. The van der Waals surface area contributed by atoms with Crippen LogP contribution in [0.25, 0.3) is 0 Å². The van der Waals surface area contributed by atoms with Gasteiger partial charge in [0.05, 0.1) is 12.6 Å². The Morgan fingerprint density at radius 2 is 2.27 bits per heavy atom. The summed E-state index contributed by atoms with van der Waals surface area (Å²) < 4.78 is 5.76. The molecule has 0 spiro atoms. The molecule has 3 atom stereocenters. The molecule has 2 heterocycles. The molecule has 0 radical (unpaired) electrons. The van der Waals surface area contributed by atoms with Crippen molar-refractivity contribution in [2.75, 3.05) is 13.2 Å². The predicted octanol–water partition coefficient (Wildman–Crippen LogP) is 3.06. The second-order valence-electron chi connectivity index (χ2n) is 6.31. The van der Waals surface area contributed by atoms with Crippen LogP contribution in [0.1, 0.15) is 44.2 Å². The minimum atomic E-state index is 0.0208. The highest BCUT2D eigenvalue weighted by atomic mass is 35.5. The molecule has 120 valence electrons. The van der Waals surface area contributed by atoms with Gasteiger partial charge in [0.25, 0.3) is 0 Å². The second kappa shape index (κ2) is 6.88. The van der Waals surface area contributed by atoms with Gasteiger partial charge in [-0.3, -0.25) is 4.79 Å². The highest BCUT2D eigenvalue weighted by Gasteiger charge is 2.28. The molecule has 5 heteroatoms. The van der Waals surface area contributed by atoms with Crippen molar-refractivity contribution in [1.29, 1.82) is 0 Å². The van der Waals surface area contributed by atoms with Crippen LogP contribution in [-0.4, -0.2) is 25.1 Å². The number of halogens is 1. The molecular weight excluding hydrogens is 300 g/mol. The van der Waals surface area contributed by atoms with Gasteiger partial charge in [0.1, 0.15) is 5.75 Å². The van der Waals surface area contributed by atoms with Crippen LogP contribution in [0.15, 0.2) is 18.2 Å². The number of piperidine rings is 1. The fraction of sp³-hybridized carbons (Fsp3) is 0.588. The molecule has 1 aromatic rings. The molecule has 2 aliphatic heterocycles. The number of hydrogen-bond donors (Lipinski definition) is 2. The van der Waals surface area contributed by atoms with E-state index in [0.29, 0.717) is 17.7 Å². The van der Waals surface area contributed by atoms with Crippen molar-refractivity contribution in [2.24, 2.45) is 5.92 Å². The maximum atomic E-state index is 12.6. The molecule has 1 unspecified atom stereocenters. The van der Waals surface area contributed by atoms with Gasteiger partial charge in [0.2, 0.25) is 5.91 Å². The topological polar surface area (TPSA) is 50.4 Å². The number of fused-ring (bicyclic) bond motifs is 1. The van der Waals surface area contributed by atoms with Gasteiger partial charge in [0.15, 0.2) is 0 Å². The Kier molecular flexibility index (Phi) is 4.89. The normalized spacial score (nSPS) is 28.2. The Bertz CT molecular complexity index is 549. The fourth-order valence-corrected chi connectivity index (χ4v) is 3.52. The van der Waals surface area contributed by atoms with Gasteiger partial charge >= 0.3 is 0 Å². The van der Waals surface area contributed by atoms with E-state index in [1.807, 2.05) is 18.2 Å². The Morgan fingerprint density at radius 3 is 3.09 bits per heavy atom. The summed E-state index contributed by atoms with van der Waals surface area (Å²) in [5.74, 6) is 1.08. The molecule has 0 bridgehead atoms. The van der Waals surface area contributed by atoms with E-state index < -0.39 is 0 Å². The zero-order chi connectivity index (χ0) is 15.5. The first-order chi connectivity index (χ1) is 10.6. The first kappa shape index (κ1) is 15.6. The summed E-state index contributed by atoms with van der Waals surface area (Å²) in [7, 11) is 0. The number of hydrogen-bond acceptors (Lipinski definition) is 3. The standard InChI is InChI=1S/C17H23ClN2O2/c1-11-9-12(6-7-19-11)17(21)20-15-3-2-8-22-16-10-13(18)4-5-14(15)16/h4-5,10-12,15,19H,2-3,6-9H2,1H3,(H,20,21)/t11-,12-,15?/m0/s1. The van der Waals surface area contributed by atoms with Gasteiger partial charge in [-0.15, -0.1) is 0 Å². The predicted molar refractivity (Wildman–Crippen MR) is 87.3 cm³/mol. The van der Waals surface area contributed by atoms with E-state index in [2.05, 4.69) is 17.6 Å². The van der Waals surface area contributed by atoms with E-state index >= 15 is 0 Å². The molecule has 2 aliphatic rings. The number of benzene rings is 1. The largest absolute Gasteiger partial charge is 0.493 e. The Morgan fingerprint density at radius 1 is 1.41 bits per heavy atom. The van der Waals surface area contributed by atoms with Gasteiger partial charge in [-0.1, -0.05) is 17.7 Å². The van der Waals surface area contributed by atoms with E-state index in [1.54, 1.807) is 0 Å². The van der Waals surface area contributed by atoms with Crippen LogP contribution < -0.4 is 15.4 Å². The molecule has 1 amide bonds. The summed E-state index contributed by atoms with van der Waals surface area (Å²) in [5, 5.41) is 7.29. The maximum absolute atomic E-state index is 12.6. The number of amides is 1. The molecule has 0 saturated carbocycles. The average Bonchev–Trinajstić information content (AvgIpc) is 2.69. The Labute approximate surface area is 136 Å². The first-order valence-corrected chi connectivity index (χ1v) is 8.47. The van der Waals surface area contributed by atoms with Gasteiger partial charge in [-0.25, -0.2) is 0 Å². The molecule has 2 N–H and O–H groups in total. The Balaban J connectivity index is 1.73. The maximum Gasteiger partial charge on any atom is 0.223 e. The summed E-state index contributed by atoms with van der Waals surface area (Å²) in [6.45, 7) is 3.72. The molecule has 0 aromatic heterocycles. The van der Waals surface area contributed by atoms with Crippen molar-refractivity contribution in [1.82, 2.24) is 10.6 Å². The first-order valence-electron chi connectivity index (χ1n) is 8.09. The molecule has 0 aliphatic carbocycles. The van der Waals surface area contributed by atoms with E-state index in [1.165, 1.54) is 0 Å². The summed E-state index contributed by atoms with van der Waals surface area (Å²) in [5.41, 5.74) is 1.04. The smallest absolute Gasteiger partial charge is 0.223 e. The van der Waals surface area contributed by atoms with E-state index in [4.69, 9.17) is 16.3 Å². The van der Waals surface area contributed by atoms with Crippen LogP contribution in [0.3, 0.4) is 0 Å². The van der Waals surface area contributed by atoms with Gasteiger partial charge in [-0.2, -0.15) is 0 Å². The van der Waals surface area contributed by atoms with Crippen LogP contribution >= 0.6 is 11.6 Å². The lowest BCUT2D eigenvalue weighted by Gasteiger charge is -2.29. The molecule has 1 fully saturated rings. The summed E-state index contributed by atoms with van der Waals surface area (Å²) >= 11 is 6.05. The van der Waals surface area contributed by atoms with Crippen molar-refractivity contribution in [3.63, 3.8) is 0 Å². The van der Waals surface area contributed by atoms with Crippen molar-refractivity contribution in [2.45, 2.75) is 44.7 Å². The summed E-state index contributed by atoms with van der Waals surface area (Å²) in [6, 6.07) is 6.11. The number of rotatable bonds is 2. The van der Waals surface area contributed by atoms with Crippen LogP contribution in [-0.2, 0) is 4.79 Å². The molecule has 4 nitrogen and oxygen atoms in total. The van der Waals surface area contributed by atoms with Crippen molar-refractivity contribution in [3.8, 4) is 5.75 Å². The zero-order valence-corrected chi connectivity index (χ0v) is 13.7. The molecule has 3 rings (SSSR count). The molecular formula is C17H23ClN2O2. The molecule has 22 heavy (non-hydrogen) atoms. The minimum Gasteiger partial charge on any atom is -0.493 e. The monoisotopic (exact) mass is 322 g/mol. The number of carbonyl (C=O) groups is 1. The SMILES string of the molecule is C[C@H]1C[C@@H](C(=O)NC2CCCOc3cc(Cl)ccc32)CCN1. The van der Waals surface area contributed by atoms with Crippen molar-refractivity contribution >= 4 is 17.5 Å². The van der Waals surface area contributed by atoms with Gasteiger partial charge < -0.3 is 15.4 Å². The lowest BCUT2D eigenvalue weighted by atomic mass is 9.91. The third-order valence-corrected chi connectivity index (χ3v) is 4.79. The quantitative estimate of drug-likeness (QED) is 0.880. The lowest BCUT2D eigenvalue weighted by Crippen LogP contribution is -2.43. The summed E-state index contributed by atoms with van der Waals surface area (Å²) in [4.78, 5) is 12.6. The minimum absolute atomic E-state index is 0.0208. The summed E-state index contributed by atoms with van der Waals surface area (Å²) in [6.07, 6.45) is 3.65. The highest BCUT2D eigenvalue weighted by molar-refractivity contribution is 6.30. The van der Waals surface area contributed by atoms with Crippen LogP contribution in [0.2, 0.25) is 5.02 Å².